The summed E-state index contributed by atoms with van der Waals surface area (Å²) in [5, 5.41) is 13.7. The van der Waals surface area contributed by atoms with E-state index < -0.39 is 0 Å². The summed E-state index contributed by atoms with van der Waals surface area (Å²) in [6.07, 6.45) is 5.62. The van der Waals surface area contributed by atoms with Gasteiger partial charge in [-0.3, -0.25) is 9.20 Å². The van der Waals surface area contributed by atoms with Crippen molar-refractivity contribution in [3.63, 3.8) is 0 Å². The molecule has 0 saturated heterocycles. The maximum Gasteiger partial charge on any atom is 0.234 e. The summed E-state index contributed by atoms with van der Waals surface area (Å²) < 4.78 is 15.2. The molecular weight excluding hydrogens is 445 g/mol. The largest absolute Gasteiger partial charge is 0.325 e. The van der Waals surface area contributed by atoms with Crippen LogP contribution in [0.1, 0.15) is 48.4 Å². The Bertz CT molecular complexity index is 1340. The lowest BCUT2D eigenvalue weighted by Gasteiger charge is -2.17. The third-order valence-corrected chi connectivity index (χ3v) is 8.28. The molecule has 1 fully saturated rings. The van der Waals surface area contributed by atoms with Crippen LogP contribution in [0.15, 0.2) is 29.4 Å². The van der Waals surface area contributed by atoms with E-state index in [2.05, 4.69) is 26.8 Å². The fourth-order valence-corrected chi connectivity index (χ4v) is 6.53. The standard InChI is InChI=1S/C23H22FN5OS2/c1-12-2-9-16-17(10-12)32-22-19(16)21-27-28-23(29(21)20(26-22)13-3-4-13)31-11-18(30)25-15-7-5-14(24)6-8-15/h5-8,12-13H,2-4,9-11H2,1H3,(H,25,30)/t12-/m0/s1. The Balaban J connectivity index is 1.33. The Morgan fingerprint density at radius 3 is 2.84 bits per heavy atom. The third-order valence-electron chi connectivity index (χ3n) is 6.20. The van der Waals surface area contributed by atoms with Gasteiger partial charge in [0.25, 0.3) is 0 Å². The number of carbonyl (C=O) groups is 1. The molecule has 32 heavy (non-hydrogen) atoms. The summed E-state index contributed by atoms with van der Waals surface area (Å²) in [6.45, 7) is 2.31. The molecule has 164 valence electrons. The van der Waals surface area contributed by atoms with Crippen molar-refractivity contribution in [2.75, 3.05) is 11.1 Å². The Hall–Kier alpha value is -2.52. The van der Waals surface area contributed by atoms with Gasteiger partial charge < -0.3 is 5.32 Å². The molecule has 3 aromatic heterocycles. The van der Waals surface area contributed by atoms with Crippen LogP contribution in [0.4, 0.5) is 10.1 Å². The molecule has 2 aliphatic carbocycles. The van der Waals surface area contributed by atoms with Gasteiger partial charge in [0.2, 0.25) is 5.91 Å². The van der Waals surface area contributed by atoms with Crippen molar-refractivity contribution in [1.82, 2.24) is 19.6 Å². The number of thiophene rings is 1. The molecular formula is C23H22FN5OS2. The molecule has 0 bridgehead atoms. The van der Waals surface area contributed by atoms with Crippen molar-refractivity contribution < 1.29 is 9.18 Å². The molecule has 1 aromatic carbocycles. The quantitative estimate of drug-likeness (QED) is 0.408. The molecule has 6 nitrogen and oxygen atoms in total. The molecule has 1 saturated carbocycles. The minimum Gasteiger partial charge on any atom is -0.325 e. The molecule has 0 spiro atoms. The zero-order valence-corrected chi connectivity index (χ0v) is 19.2. The van der Waals surface area contributed by atoms with Crippen molar-refractivity contribution >= 4 is 50.6 Å². The van der Waals surface area contributed by atoms with Crippen molar-refractivity contribution in [3.8, 4) is 0 Å². The van der Waals surface area contributed by atoms with E-state index in [-0.39, 0.29) is 17.5 Å². The van der Waals surface area contributed by atoms with E-state index in [1.165, 1.54) is 40.8 Å². The summed E-state index contributed by atoms with van der Waals surface area (Å²) in [5.74, 6) is 1.86. The van der Waals surface area contributed by atoms with Crippen LogP contribution in [-0.2, 0) is 17.6 Å². The third kappa shape index (κ3) is 3.57. The number of carbonyl (C=O) groups excluding carboxylic acids is 1. The molecule has 3 heterocycles. The second kappa shape index (κ2) is 7.81. The topological polar surface area (TPSA) is 72.2 Å². The van der Waals surface area contributed by atoms with Crippen molar-refractivity contribution in [2.24, 2.45) is 5.92 Å². The summed E-state index contributed by atoms with van der Waals surface area (Å²) in [5.41, 5.74) is 2.84. The number of amides is 1. The van der Waals surface area contributed by atoms with Crippen molar-refractivity contribution in [1.29, 1.82) is 0 Å². The van der Waals surface area contributed by atoms with Crippen molar-refractivity contribution in [3.05, 3.63) is 46.3 Å². The summed E-state index contributed by atoms with van der Waals surface area (Å²) >= 11 is 3.18. The number of benzene rings is 1. The number of hydrogen-bond acceptors (Lipinski definition) is 6. The molecule has 1 atom stereocenters. The van der Waals surface area contributed by atoms with E-state index in [0.29, 0.717) is 22.7 Å². The van der Waals surface area contributed by atoms with Crippen LogP contribution in [-0.4, -0.2) is 31.2 Å². The van der Waals surface area contributed by atoms with Gasteiger partial charge in [0.05, 0.1) is 11.1 Å². The molecule has 0 radical (unpaired) electrons. The lowest BCUT2D eigenvalue weighted by Crippen LogP contribution is -2.14. The predicted molar refractivity (Wildman–Crippen MR) is 125 cm³/mol. The summed E-state index contributed by atoms with van der Waals surface area (Å²) in [7, 11) is 0. The van der Waals surface area contributed by atoms with E-state index in [9.17, 15) is 9.18 Å². The normalized spacial score (nSPS) is 18.2. The highest BCUT2D eigenvalue weighted by atomic mass is 32.2. The van der Waals surface area contributed by atoms with Crippen LogP contribution in [0.5, 0.6) is 0 Å². The first kappa shape index (κ1) is 20.1. The number of fused-ring (bicyclic) bond motifs is 5. The van der Waals surface area contributed by atoms with Crippen LogP contribution in [0.3, 0.4) is 0 Å². The van der Waals surface area contributed by atoms with Gasteiger partial charge in [-0.2, -0.15) is 0 Å². The monoisotopic (exact) mass is 467 g/mol. The first-order valence-corrected chi connectivity index (χ1v) is 12.7. The number of nitrogens with one attached hydrogen (secondary N) is 1. The maximum atomic E-state index is 13.1. The molecule has 1 amide bonds. The highest BCUT2D eigenvalue weighted by Crippen LogP contribution is 2.44. The zero-order chi connectivity index (χ0) is 21.8. The van der Waals surface area contributed by atoms with Crippen LogP contribution >= 0.6 is 23.1 Å². The minimum atomic E-state index is -0.330. The van der Waals surface area contributed by atoms with Gasteiger partial charge in [-0.1, -0.05) is 18.7 Å². The Labute approximate surface area is 192 Å². The fourth-order valence-electron chi connectivity index (χ4n) is 4.41. The van der Waals surface area contributed by atoms with Gasteiger partial charge in [0, 0.05) is 16.5 Å². The van der Waals surface area contributed by atoms with Crippen LogP contribution in [0, 0.1) is 11.7 Å². The molecule has 1 N–H and O–H groups in total. The first-order chi connectivity index (χ1) is 15.6. The van der Waals surface area contributed by atoms with Crippen LogP contribution in [0.25, 0.3) is 15.9 Å². The zero-order valence-electron chi connectivity index (χ0n) is 17.6. The van der Waals surface area contributed by atoms with Gasteiger partial charge >= 0.3 is 0 Å². The molecule has 0 unspecified atom stereocenters. The van der Waals surface area contributed by atoms with E-state index in [4.69, 9.17) is 4.98 Å². The SMILES string of the molecule is C[C@H]1CCc2c(sc3nc(C4CC4)n4c(SCC(=O)Nc5ccc(F)cc5)nnc4c23)C1. The molecule has 4 aromatic rings. The number of anilines is 1. The van der Waals surface area contributed by atoms with Crippen LogP contribution in [0.2, 0.25) is 0 Å². The number of aromatic nitrogens is 4. The summed E-state index contributed by atoms with van der Waals surface area (Å²) in [6, 6.07) is 5.76. The van der Waals surface area contributed by atoms with E-state index in [0.717, 1.165) is 47.4 Å². The van der Waals surface area contributed by atoms with E-state index in [1.807, 2.05) is 11.3 Å². The number of halogens is 1. The second-order valence-corrected chi connectivity index (χ2v) is 10.8. The number of hydrogen-bond donors (Lipinski definition) is 1. The second-order valence-electron chi connectivity index (χ2n) is 8.76. The Kier molecular flexibility index (Phi) is 4.91. The summed E-state index contributed by atoms with van der Waals surface area (Å²) in [4.78, 5) is 20.1. The average Bonchev–Trinajstić information content (AvgIpc) is 3.44. The number of thioether (sulfide) groups is 1. The van der Waals surface area contributed by atoms with Crippen LogP contribution < -0.4 is 5.32 Å². The molecule has 9 heteroatoms. The lowest BCUT2D eigenvalue weighted by molar-refractivity contribution is -0.113. The lowest BCUT2D eigenvalue weighted by atomic mass is 9.89. The highest BCUT2D eigenvalue weighted by molar-refractivity contribution is 7.99. The van der Waals surface area contributed by atoms with Gasteiger partial charge in [-0.05, 0) is 67.9 Å². The Morgan fingerprint density at radius 1 is 1.25 bits per heavy atom. The Morgan fingerprint density at radius 2 is 2.06 bits per heavy atom. The first-order valence-electron chi connectivity index (χ1n) is 10.9. The number of aryl methyl sites for hydroxylation is 1. The van der Waals surface area contributed by atoms with Crippen molar-refractivity contribution in [2.45, 2.75) is 50.1 Å². The predicted octanol–water partition coefficient (Wildman–Crippen LogP) is 5.21. The smallest absolute Gasteiger partial charge is 0.234 e. The van der Waals surface area contributed by atoms with E-state index in [1.54, 1.807) is 12.1 Å². The van der Waals surface area contributed by atoms with Gasteiger partial charge in [0.1, 0.15) is 16.5 Å². The van der Waals surface area contributed by atoms with Gasteiger partial charge in [0.15, 0.2) is 10.8 Å². The minimum absolute atomic E-state index is 0.165. The fraction of sp³-hybridized carbons (Fsp3) is 0.391. The highest BCUT2D eigenvalue weighted by Gasteiger charge is 2.32. The van der Waals surface area contributed by atoms with Gasteiger partial charge in [-0.15, -0.1) is 21.5 Å². The average molecular weight is 468 g/mol. The maximum absolute atomic E-state index is 13.1. The van der Waals surface area contributed by atoms with Gasteiger partial charge in [-0.25, -0.2) is 9.37 Å². The molecule has 2 aliphatic rings. The van der Waals surface area contributed by atoms with E-state index >= 15 is 0 Å². The number of nitrogens with zero attached hydrogens (tertiary/aromatic N) is 4. The molecule has 6 rings (SSSR count). The molecule has 0 aliphatic heterocycles. The number of rotatable bonds is 5.